The summed E-state index contributed by atoms with van der Waals surface area (Å²) >= 11 is 1.55. The molecule has 0 unspecified atom stereocenters. The first kappa shape index (κ1) is 12.1. The largest absolute Gasteiger partial charge is 0.508 e. The number of hydrogen-bond donors (Lipinski definition) is 1. The van der Waals surface area contributed by atoms with Gasteiger partial charge in [-0.2, -0.15) is 0 Å². The van der Waals surface area contributed by atoms with Crippen LogP contribution in [0.15, 0.2) is 54.2 Å². The minimum atomic E-state index is 0.238. The average molecular weight is 294 g/mol. The maximum atomic E-state index is 9.56. The lowest BCUT2D eigenvalue weighted by Crippen LogP contribution is -1.89. The molecule has 0 fully saturated rings. The van der Waals surface area contributed by atoms with Gasteiger partial charge >= 0.3 is 0 Å². The Morgan fingerprint density at radius 3 is 2.81 bits per heavy atom. The summed E-state index contributed by atoms with van der Waals surface area (Å²) in [5.41, 5.74) is 0.878. The molecule has 0 aliphatic carbocycles. The molecular formula is C16H10N2O2S. The van der Waals surface area contributed by atoms with Crippen molar-refractivity contribution >= 4 is 32.3 Å². The molecule has 5 heteroatoms. The molecule has 0 aliphatic rings. The fraction of sp³-hybridized carbons (Fsp3) is 0. The molecule has 0 saturated heterocycles. The first-order chi connectivity index (χ1) is 10.3. The first-order valence-electron chi connectivity index (χ1n) is 6.38. The number of aromatic nitrogens is 2. The van der Waals surface area contributed by atoms with E-state index < -0.39 is 0 Å². The van der Waals surface area contributed by atoms with Crippen LogP contribution >= 0.6 is 11.3 Å². The smallest absolute Gasteiger partial charge is 0.240 e. The molecule has 0 amide bonds. The number of rotatable bonds is 2. The molecule has 2 aromatic heterocycles. The first-order valence-corrected chi connectivity index (χ1v) is 7.26. The second kappa shape index (κ2) is 4.71. The number of ether oxygens (including phenoxy) is 1. The van der Waals surface area contributed by atoms with Gasteiger partial charge in [0.1, 0.15) is 22.5 Å². The molecule has 2 heterocycles. The van der Waals surface area contributed by atoms with Crippen LogP contribution in [0.5, 0.6) is 17.4 Å². The number of benzene rings is 2. The van der Waals surface area contributed by atoms with Gasteiger partial charge in [0, 0.05) is 0 Å². The number of thiophene rings is 1. The fourth-order valence-corrected chi connectivity index (χ4v) is 3.00. The van der Waals surface area contributed by atoms with Gasteiger partial charge in [-0.15, -0.1) is 11.3 Å². The van der Waals surface area contributed by atoms with Gasteiger partial charge in [-0.25, -0.2) is 9.97 Å². The zero-order valence-electron chi connectivity index (χ0n) is 10.9. The van der Waals surface area contributed by atoms with Crippen molar-refractivity contribution in [2.24, 2.45) is 0 Å². The minimum Gasteiger partial charge on any atom is -0.508 e. The van der Waals surface area contributed by atoms with Gasteiger partial charge in [-0.3, -0.25) is 0 Å². The third-order valence-electron chi connectivity index (χ3n) is 3.22. The number of fused-ring (bicyclic) bond motifs is 2. The Morgan fingerprint density at radius 2 is 1.86 bits per heavy atom. The van der Waals surface area contributed by atoms with E-state index in [1.54, 1.807) is 23.5 Å². The van der Waals surface area contributed by atoms with Crippen molar-refractivity contribution in [3.8, 4) is 17.4 Å². The Morgan fingerprint density at radius 1 is 0.952 bits per heavy atom. The molecule has 0 saturated carbocycles. The van der Waals surface area contributed by atoms with Crippen molar-refractivity contribution in [2.75, 3.05) is 0 Å². The zero-order chi connectivity index (χ0) is 14.2. The fourth-order valence-electron chi connectivity index (χ4n) is 2.23. The number of phenols is 1. The third kappa shape index (κ3) is 2.17. The topological polar surface area (TPSA) is 55.2 Å². The van der Waals surface area contributed by atoms with Gasteiger partial charge in [0.2, 0.25) is 5.88 Å². The predicted octanol–water partition coefficient (Wildman–Crippen LogP) is 4.34. The summed E-state index contributed by atoms with van der Waals surface area (Å²) in [6, 6.07) is 12.9. The predicted molar refractivity (Wildman–Crippen MR) is 83.1 cm³/mol. The number of hydrogen-bond acceptors (Lipinski definition) is 5. The molecule has 2 aromatic carbocycles. The number of nitrogens with zero attached hydrogens (tertiary/aromatic N) is 2. The molecule has 4 aromatic rings. The van der Waals surface area contributed by atoms with Crippen LogP contribution < -0.4 is 4.74 Å². The summed E-state index contributed by atoms with van der Waals surface area (Å²) in [5.74, 6) is 1.47. The molecule has 0 atom stereocenters. The molecule has 0 bridgehead atoms. The monoisotopic (exact) mass is 294 g/mol. The summed E-state index contributed by atoms with van der Waals surface area (Å²) in [7, 11) is 0. The van der Waals surface area contributed by atoms with Crippen LogP contribution in [0.1, 0.15) is 0 Å². The van der Waals surface area contributed by atoms with Crippen LogP contribution in [0.3, 0.4) is 0 Å². The zero-order valence-corrected chi connectivity index (χ0v) is 11.7. The summed E-state index contributed by atoms with van der Waals surface area (Å²) in [6.45, 7) is 0. The second-order valence-electron chi connectivity index (χ2n) is 4.61. The molecule has 0 spiro atoms. The SMILES string of the molecule is Oc1ccc2ccc(Oc3ncnc4ccsc34)cc2c1. The average Bonchev–Trinajstić information content (AvgIpc) is 2.96. The van der Waals surface area contributed by atoms with E-state index in [0.717, 1.165) is 21.0 Å². The van der Waals surface area contributed by atoms with E-state index in [4.69, 9.17) is 4.74 Å². The highest BCUT2D eigenvalue weighted by Gasteiger charge is 2.08. The quantitative estimate of drug-likeness (QED) is 0.597. The Kier molecular flexibility index (Phi) is 2.72. The Labute approximate surface area is 124 Å². The summed E-state index contributed by atoms with van der Waals surface area (Å²) in [4.78, 5) is 8.39. The molecular weight excluding hydrogens is 284 g/mol. The lowest BCUT2D eigenvalue weighted by Gasteiger charge is -2.06. The Balaban J connectivity index is 1.78. The number of phenolic OH excluding ortho intramolecular Hbond substituents is 1. The van der Waals surface area contributed by atoms with Gasteiger partial charge in [0.15, 0.2) is 0 Å². The minimum absolute atomic E-state index is 0.238. The van der Waals surface area contributed by atoms with Crippen LogP contribution in [-0.4, -0.2) is 15.1 Å². The van der Waals surface area contributed by atoms with Crippen molar-refractivity contribution in [3.63, 3.8) is 0 Å². The molecule has 102 valence electrons. The lowest BCUT2D eigenvalue weighted by molar-refractivity contribution is 0.469. The van der Waals surface area contributed by atoms with Crippen molar-refractivity contribution in [1.82, 2.24) is 9.97 Å². The van der Waals surface area contributed by atoms with Crippen LogP contribution in [0.4, 0.5) is 0 Å². The molecule has 4 nitrogen and oxygen atoms in total. The third-order valence-corrected chi connectivity index (χ3v) is 4.11. The standard InChI is InChI=1S/C16H10N2O2S/c19-12-3-1-10-2-4-13(8-11(10)7-12)20-16-15-14(5-6-21-15)17-9-18-16/h1-9,19H. The van der Waals surface area contributed by atoms with Gasteiger partial charge in [0.05, 0.1) is 5.52 Å². The normalized spacial score (nSPS) is 11.0. The lowest BCUT2D eigenvalue weighted by atomic mass is 10.1. The summed E-state index contributed by atoms with van der Waals surface area (Å²) in [6.07, 6.45) is 1.50. The van der Waals surface area contributed by atoms with Gasteiger partial charge in [-0.1, -0.05) is 12.1 Å². The van der Waals surface area contributed by atoms with E-state index in [1.165, 1.54) is 6.33 Å². The van der Waals surface area contributed by atoms with Gasteiger partial charge < -0.3 is 9.84 Å². The van der Waals surface area contributed by atoms with Gasteiger partial charge in [-0.05, 0) is 46.5 Å². The second-order valence-corrected chi connectivity index (χ2v) is 5.53. The summed E-state index contributed by atoms with van der Waals surface area (Å²) < 4.78 is 6.80. The molecule has 0 aliphatic heterocycles. The van der Waals surface area contributed by atoms with E-state index in [9.17, 15) is 5.11 Å². The van der Waals surface area contributed by atoms with Crippen molar-refractivity contribution < 1.29 is 9.84 Å². The Bertz CT molecular complexity index is 949. The Hall–Kier alpha value is -2.66. The van der Waals surface area contributed by atoms with Crippen molar-refractivity contribution in [3.05, 3.63) is 54.2 Å². The van der Waals surface area contributed by atoms with E-state index in [0.29, 0.717) is 11.6 Å². The van der Waals surface area contributed by atoms with E-state index in [2.05, 4.69) is 9.97 Å². The van der Waals surface area contributed by atoms with Crippen molar-refractivity contribution in [2.45, 2.75) is 0 Å². The molecule has 1 N–H and O–H groups in total. The van der Waals surface area contributed by atoms with E-state index >= 15 is 0 Å². The highest BCUT2D eigenvalue weighted by Crippen LogP contribution is 2.32. The summed E-state index contributed by atoms with van der Waals surface area (Å²) in [5, 5.41) is 13.5. The molecule has 0 radical (unpaired) electrons. The van der Waals surface area contributed by atoms with Crippen LogP contribution in [-0.2, 0) is 0 Å². The molecule has 21 heavy (non-hydrogen) atoms. The highest BCUT2D eigenvalue weighted by atomic mass is 32.1. The number of aromatic hydroxyl groups is 1. The van der Waals surface area contributed by atoms with Crippen LogP contribution in [0.25, 0.3) is 21.0 Å². The van der Waals surface area contributed by atoms with Gasteiger partial charge in [0.25, 0.3) is 0 Å². The van der Waals surface area contributed by atoms with E-state index in [1.807, 2.05) is 35.7 Å². The maximum absolute atomic E-state index is 9.56. The highest BCUT2D eigenvalue weighted by molar-refractivity contribution is 7.17. The molecule has 4 rings (SSSR count). The van der Waals surface area contributed by atoms with Crippen LogP contribution in [0, 0.1) is 0 Å². The van der Waals surface area contributed by atoms with E-state index in [-0.39, 0.29) is 5.75 Å². The van der Waals surface area contributed by atoms with Crippen molar-refractivity contribution in [1.29, 1.82) is 0 Å². The van der Waals surface area contributed by atoms with Crippen LogP contribution in [0.2, 0.25) is 0 Å². The maximum Gasteiger partial charge on any atom is 0.240 e.